The van der Waals surface area contributed by atoms with Gasteiger partial charge < -0.3 is 0 Å². The molecule has 0 N–H and O–H groups in total. The van der Waals surface area contributed by atoms with Gasteiger partial charge in [0.25, 0.3) is 0 Å². The zero-order valence-electron chi connectivity index (χ0n) is 8.81. The van der Waals surface area contributed by atoms with E-state index in [0.717, 1.165) is 5.01 Å². The highest BCUT2D eigenvalue weighted by Gasteiger charge is 2.24. The van der Waals surface area contributed by atoms with Crippen LogP contribution in [0.3, 0.4) is 0 Å². The van der Waals surface area contributed by atoms with E-state index in [-0.39, 0.29) is 10.5 Å². The Morgan fingerprint density at radius 1 is 1.31 bits per heavy atom. The summed E-state index contributed by atoms with van der Waals surface area (Å²) in [4.78, 5) is 4.32. The van der Waals surface area contributed by atoms with Crippen molar-refractivity contribution in [3.8, 4) is 0 Å². The molecule has 0 saturated heterocycles. The monoisotopic (exact) mass is 201 g/mol. The number of thiazole rings is 1. The smallest absolute Gasteiger partial charge is 0.200 e. The predicted molar refractivity (Wildman–Crippen MR) is 54.9 cm³/mol. The third kappa shape index (κ3) is 2.27. The Morgan fingerprint density at radius 2 is 1.85 bits per heavy atom. The van der Waals surface area contributed by atoms with Crippen molar-refractivity contribution in [1.29, 1.82) is 0 Å². The number of halogens is 1. The van der Waals surface area contributed by atoms with Gasteiger partial charge in [0.05, 0.1) is 10.7 Å². The number of nitrogens with zero attached hydrogens (tertiary/aromatic N) is 1. The van der Waals surface area contributed by atoms with Gasteiger partial charge in [-0.05, 0) is 0 Å². The number of hydrogen-bond acceptors (Lipinski definition) is 2. The lowest BCUT2D eigenvalue weighted by Gasteiger charge is -2.14. The molecular weight excluding hydrogens is 185 g/mol. The first-order valence-electron chi connectivity index (χ1n) is 4.49. The van der Waals surface area contributed by atoms with Crippen molar-refractivity contribution in [1.82, 2.24) is 4.98 Å². The maximum Gasteiger partial charge on any atom is 0.200 e. The average Bonchev–Trinajstić information content (AvgIpc) is 2.29. The zero-order valence-corrected chi connectivity index (χ0v) is 9.63. The van der Waals surface area contributed by atoms with E-state index in [1.165, 1.54) is 11.3 Å². The molecule has 0 unspecified atom stereocenters. The molecule has 0 spiro atoms. The molecule has 74 valence electrons. The summed E-state index contributed by atoms with van der Waals surface area (Å²) in [7, 11) is 0. The Hall–Kier alpha value is -0.440. The lowest BCUT2D eigenvalue weighted by atomic mass is 9.93. The number of aromatic nitrogens is 1. The van der Waals surface area contributed by atoms with E-state index in [4.69, 9.17) is 0 Å². The Morgan fingerprint density at radius 3 is 2.08 bits per heavy atom. The molecule has 1 rings (SSSR count). The van der Waals surface area contributed by atoms with E-state index in [2.05, 4.69) is 4.98 Å². The Labute approximate surface area is 83.0 Å². The molecule has 0 radical (unpaired) electrons. The highest BCUT2D eigenvalue weighted by atomic mass is 32.1. The maximum atomic E-state index is 13.4. The SMILES string of the molecule is CC(C)c1nc(C(C)(C)C)c(F)s1. The topological polar surface area (TPSA) is 12.9 Å². The first-order valence-corrected chi connectivity index (χ1v) is 5.30. The van der Waals surface area contributed by atoms with E-state index in [0.29, 0.717) is 11.6 Å². The van der Waals surface area contributed by atoms with Crippen molar-refractivity contribution in [3.05, 3.63) is 15.8 Å². The first-order chi connectivity index (χ1) is 5.82. The van der Waals surface area contributed by atoms with E-state index in [1.54, 1.807) is 0 Å². The molecule has 1 nitrogen and oxygen atoms in total. The summed E-state index contributed by atoms with van der Waals surface area (Å²) >= 11 is 1.17. The molecule has 0 aliphatic carbocycles. The van der Waals surface area contributed by atoms with Crippen LogP contribution in [-0.2, 0) is 5.41 Å². The molecule has 0 fully saturated rings. The summed E-state index contributed by atoms with van der Waals surface area (Å²) in [6.45, 7) is 10.0. The molecule has 13 heavy (non-hydrogen) atoms. The second-order valence-electron chi connectivity index (χ2n) is 4.58. The highest BCUT2D eigenvalue weighted by Crippen LogP contribution is 2.30. The molecule has 0 amide bonds. The zero-order chi connectivity index (χ0) is 10.2. The normalized spacial score (nSPS) is 12.5. The van der Waals surface area contributed by atoms with Crippen LogP contribution < -0.4 is 0 Å². The predicted octanol–water partition coefficient (Wildman–Crippen LogP) is 3.70. The summed E-state index contributed by atoms with van der Waals surface area (Å²) in [5.74, 6) is 0.315. The van der Waals surface area contributed by atoms with Crippen molar-refractivity contribution in [2.24, 2.45) is 0 Å². The van der Waals surface area contributed by atoms with Crippen LogP contribution in [0.2, 0.25) is 0 Å². The molecule has 3 heteroatoms. The van der Waals surface area contributed by atoms with Gasteiger partial charge in [-0.1, -0.05) is 46.0 Å². The molecular formula is C10H16FNS. The van der Waals surface area contributed by atoms with Crippen LogP contribution in [0.15, 0.2) is 0 Å². The molecule has 1 aromatic rings. The fraction of sp³-hybridized carbons (Fsp3) is 0.700. The van der Waals surface area contributed by atoms with Gasteiger partial charge in [-0.15, -0.1) is 0 Å². The van der Waals surface area contributed by atoms with Crippen LogP contribution in [0.25, 0.3) is 0 Å². The Kier molecular flexibility index (Phi) is 2.76. The molecule has 0 aliphatic heterocycles. The fourth-order valence-corrected chi connectivity index (χ4v) is 2.03. The van der Waals surface area contributed by atoms with Crippen LogP contribution in [0.5, 0.6) is 0 Å². The second kappa shape index (κ2) is 3.37. The summed E-state index contributed by atoms with van der Waals surface area (Å²) < 4.78 is 13.4. The van der Waals surface area contributed by atoms with Gasteiger partial charge in [-0.2, -0.15) is 4.39 Å². The molecule has 0 aromatic carbocycles. The van der Waals surface area contributed by atoms with Gasteiger partial charge in [0.15, 0.2) is 5.13 Å². The van der Waals surface area contributed by atoms with E-state index >= 15 is 0 Å². The van der Waals surface area contributed by atoms with Crippen molar-refractivity contribution in [2.75, 3.05) is 0 Å². The van der Waals surface area contributed by atoms with Crippen molar-refractivity contribution in [3.63, 3.8) is 0 Å². The lowest BCUT2D eigenvalue weighted by molar-refractivity contribution is 0.519. The van der Waals surface area contributed by atoms with Crippen LogP contribution in [0.1, 0.15) is 51.2 Å². The third-order valence-electron chi connectivity index (χ3n) is 1.81. The minimum atomic E-state index is -0.187. The van der Waals surface area contributed by atoms with Crippen LogP contribution >= 0.6 is 11.3 Å². The fourth-order valence-electron chi connectivity index (χ4n) is 1.03. The molecule has 1 heterocycles. The number of rotatable bonds is 1. The second-order valence-corrected chi connectivity index (χ2v) is 5.56. The van der Waals surface area contributed by atoms with Gasteiger partial charge in [0.1, 0.15) is 0 Å². The largest absolute Gasteiger partial charge is 0.242 e. The molecule has 0 saturated carbocycles. The van der Waals surface area contributed by atoms with Gasteiger partial charge in [0.2, 0.25) is 0 Å². The lowest BCUT2D eigenvalue weighted by Crippen LogP contribution is -2.13. The Bertz CT molecular complexity index is 296. The van der Waals surface area contributed by atoms with Crippen LogP contribution in [0, 0.1) is 5.13 Å². The van der Waals surface area contributed by atoms with Crippen LogP contribution in [-0.4, -0.2) is 4.98 Å². The summed E-state index contributed by atoms with van der Waals surface area (Å²) in [5.41, 5.74) is 0.412. The number of hydrogen-bond donors (Lipinski definition) is 0. The van der Waals surface area contributed by atoms with Gasteiger partial charge in [0, 0.05) is 11.3 Å². The minimum absolute atomic E-state index is 0.129. The van der Waals surface area contributed by atoms with E-state index in [9.17, 15) is 4.39 Å². The quantitative estimate of drug-likeness (QED) is 0.675. The Balaban J connectivity index is 3.11. The van der Waals surface area contributed by atoms with Crippen LogP contribution in [0.4, 0.5) is 4.39 Å². The first kappa shape index (κ1) is 10.6. The van der Waals surface area contributed by atoms with E-state index < -0.39 is 0 Å². The van der Waals surface area contributed by atoms with Gasteiger partial charge >= 0.3 is 0 Å². The van der Waals surface area contributed by atoms with Crippen molar-refractivity contribution < 1.29 is 4.39 Å². The molecule has 1 aromatic heterocycles. The average molecular weight is 201 g/mol. The molecule has 0 atom stereocenters. The summed E-state index contributed by atoms with van der Waals surface area (Å²) in [5, 5.41) is 0.763. The van der Waals surface area contributed by atoms with E-state index in [1.807, 2.05) is 34.6 Å². The molecule has 0 bridgehead atoms. The standard InChI is InChI=1S/C10H16FNS/c1-6(2)9-12-7(8(11)13-9)10(3,4)5/h6H,1-5H3. The summed E-state index contributed by atoms with van der Waals surface area (Å²) in [6, 6.07) is 0. The van der Waals surface area contributed by atoms with Crippen molar-refractivity contribution >= 4 is 11.3 Å². The van der Waals surface area contributed by atoms with Crippen molar-refractivity contribution in [2.45, 2.75) is 46.0 Å². The highest BCUT2D eigenvalue weighted by molar-refractivity contribution is 7.10. The molecule has 0 aliphatic rings. The maximum absolute atomic E-state index is 13.4. The third-order valence-corrected chi connectivity index (χ3v) is 2.95. The minimum Gasteiger partial charge on any atom is -0.242 e. The van der Waals surface area contributed by atoms with Gasteiger partial charge in [-0.25, -0.2) is 4.98 Å². The summed E-state index contributed by atoms with van der Waals surface area (Å²) in [6.07, 6.45) is 0. The van der Waals surface area contributed by atoms with Gasteiger partial charge in [-0.3, -0.25) is 0 Å².